The van der Waals surface area contributed by atoms with Crippen LogP contribution in [0.1, 0.15) is 50.8 Å². The molecule has 1 unspecified atom stereocenters. The maximum absolute atomic E-state index is 11.7. The van der Waals surface area contributed by atoms with Gasteiger partial charge in [0.15, 0.2) is 6.61 Å². The minimum absolute atomic E-state index is 0.000872. The fraction of sp³-hybridized carbons (Fsp3) is 0.562. The van der Waals surface area contributed by atoms with Gasteiger partial charge < -0.3 is 15.8 Å². The lowest BCUT2D eigenvalue weighted by Crippen LogP contribution is -2.36. The van der Waals surface area contributed by atoms with Crippen molar-refractivity contribution in [1.29, 1.82) is 0 Å². The SMILES string of the molecule is CCCC(C)NC(=O)COc1ccc([C@@H](C)N)cc1C. The number of hydrogen-bond acceptors (Lipinski definition) is 3. The maximum Gasteiger partial charge on any atom is 0.258 e. The monoisotopic (exact) mass is 278 g/mol. The van der Waals surface area contributed by atoms with Crippen LogP contribution in [0.25, 0.3) is 0 Å². The molecule has 0 aliphatic rings. The number of hydrogen-bond donors (Lipinski definition) is 2. The highest BCUT2D eigenvalue weighted by Gasteiger charge is 2.09. The average Bonchev–Trinajstić information content (AvgIpc) is 2.37. The number of carbonyl (C=O) groups is 1. The summed E-state index contributed by atoms with van der Waals surface area (Å²) in [7, 11) is 0. The Balaban J connectivity index is 2.51. The number of ether oxygens (including phenoxy) is 1. The summed E-state index contributed by atoms with van der Waals surface area (Å²) in [6.07, 6.45) is 2.04. The zero-order valence-corrected chi connectivity index (χ0v) is 12.9. The summed E-state index contributed by atoms with van der Waals surface area (Å²) in [6, 6.07) is 6.00. The van der Waals surface area contributed by atoms with Crippen molar-refractivity contribution < 1.29 is 9.53 Å². The van der Waals surface area contributed by atoms with Gasteiger partial charge in [-0.25, -0.2) is 0 Å². The Morgan fingerprint density at radius 3 is 2.65 bits per heavy atom. The number of nitrogens with two attached hydrogens (primary N) is 1. The molecule has 0 spiro atoms. The van der Waals surface area contributed by atoms with Crippen LogP contribution in [-0.4, -0.2) is 18.6 Å². The van der Waals surface area contributed by atoms with E-state index in [1.54, 1.807) is 0 Å². The first-order chi connectivity index (χ1) is 9.43. The fourth-order valence-electron chi connectivity index (χ4n) is 2.08. The Kier molecular flexibility index (Phi) is 6.52. The van der Waals surface area contributed by atoms with Crippen LogP contribution < -0.4 is 15.8 Å². The lowest BCUT2D eigenvalue weighted by Gasteiger charge is -2.15. The van der Waals surface area contributed by atoms with Crippen LogP contribution in [0.3, 0.4) is 0 Å². The second-order valence-corrected chi connectivity index (χ2v) is 5.36. The van der Waals surface area contributed by atoms with E-state index in [0.29, 0.717) is 0 Å². The van der Waals surface area contributed by atoms with Gasteiger partial charge in [0.25, 0.3) is 5.91 Å². The smallest absolute Gasteiger partial charge is 0.258 e. The van der Waals surface area contributed by atoms with Crippen molar-refractivity contribution in [3.63, 3.8) is 0 Å². The molecule has 20 heavy (non-hydrogen) atoms. The summed E-state index contributed by atoms with van der Waals surface area (Å²) in [5.74, 6) is 0.648. The first-order valence-electron chi connectivity index (χ1n) is 7.22. The van der Waals surface area contributed by atoms with E-state index in [0.717, 1.165) is 29.7 Å². The normalized spacial score (nSPS) is 13.7. The van der Waals surface area contributed by atoms with Crippen LogP contribution in [0.15, 0.2) is 18.2 Å². The van der Waals surface area contributed by atoms with Gasteiger partial charge in [-0.1, -0.05) is 25.5 Å². The maximum atomic E-state index is 11.7. The fourth-order valence-corrected chi connectivity index (χ4v) is 2.08. The van der Waals surface area contributed by atoms with Gasteiger partial charge >= 0.3 is 0 Å². The molecule has 0 saturated heterocycles. The predicted molar refractivity (Wildman–Crippen MR) is 81.8 cm³/mol. The molecule has 0 fully saturated rings. The van der Waals surface area contributed by atoms with Crippen molar-refractivity contribution in [2.24, 2.45) is 5.73 Å². The molecule has 112 valence electrons. The standard InChI is InChI=1S/C16H26N2O2/c1-5-6-12(3)18-16(19)10-20-15-8-7-14(13(4)17)9-11(15)2/h7-9,12-13H,5-6,10,17H2,1-4H3,(H,18,19)/t12?,13-/m1/s1. The van der Waals surface area contributed by atoms with Crippen molar-refractivity contribution in [3.8, 4) is 5.75 Å². The van der Waals surface area contributed by atoms with Crippen LogP contribution in [0.2, 0.25) is 0 Å². The molecule has 0 bridgehead atoms. The Morgan fingerprint density at radius 1 is 1.40 bits per heavy atom. The van der Waals surface area contributed by atoms with Gasteiger partial charge in [-0.3, -0.25) is 4.79 Å². The highest BCUT2D eigenvalue weighted by Crippen LogP contribution is 2.21. The van der Waals surface area contributed by atoms with Crippen LogP contribution in [0, 0.1) is 6.92 Å². The molecule has 1 aromatic carbocycles. The van der Waals surface area contributed by atoms with Crippen molar-refractivity contribution >= 4 is 5.91 Å². The van der Waals surface area contributed by atoms with Crippen molar-refractivity contribution in [2.75, 3.05) is 6.61 Å². The van der Waals surface area contributed by atoms with Gasteiger partial charge in [0.05, 0.1) is 0 Å². The lowest BCUT2D eigenvalue weighted by molar-refractivity contribution is -0.123. The number of amides is 1. The van der Waals surface area contributed by atoms with E-state index in [9.17, 15) is 4.79 Å². The number of carbonyl (C=O) groups excluding carboxylic acids is 1. The van der Waals surface area contributed by atoms with Gasteiger partial charge in [-0.05, 0) is 44.4 Å². The first-order valence-corrected chi connectivity index (χ1v) is 7.22. The molecule has 0 aliphatic heterocycles. The number of rotatable bonds is 7. The summed E-state index contributed by atoms with van der Waals surface area (Å²) in [5.41, 5.74) is 7.89. The molecular weight excluding hydrogens is 252 g/mol. The van der Waals surface area contributed by atoms with Gasteiger partial charge in [0.1, 0.15) is 5.75 Å². The molecule has 3 N–H and O–H groups in total. The third kappa shape index (κ3) is 5.21. The molecule has 1 aromatic rings. The van der Waals surface area contributed by atoms with Crippen molar-refractivity contribution in [2.45, 2.75) is 52.6 Å². The quantitative estimate of drug-likeness (QED) is 0.806. The van der Waals surface area contributed by atoms with Gasteiger partial charge in [-0.2, -0.15) is 0 Å². The van der Waals surface area contributed by atoms with Crippen LogP contribution in [0.4, 0.5) is 0 Å². The minimum atomic E-state index is -0.0818. The van der Waals surface area contributed by atoms with E-state index in [4.69, 9.17) is 10.5 Å². The minimum Gasteiger partial charge on any atom is -0.484 e. The molecule has 4 heteroatoms. The van der Waals surface area contributed by atoms with Gasteiger partial charge in [0, 0.05) is 12.1 Å². The van der Waals surface area contributed by atoms with E-state index < -0.39 is 0 Å². The van der Waals surface area contributed by atoms with Crippen LogP contribution in [0.5, 0.6) is 5.75 Å². The second kappa shape index (κ2) is 7.90. The van der Waals surface area contributed by atoms with Crippen LogP contribution in [-0.2, 0) is 4.79 Å². The van der Waals surface area contributed by atoms with E-state index in [1.165, 1.54) is 0 Å². The molecule has 0 heterocycles. The molecule has 0 aliphatic carbocycles. The largest absolute Gasteiger partial charge is 0.484 e. The molecule has 0 radical (unpaired) electrons. The Bertz CT molecular complexity index is 444. The Morgan fingerprint density at radius 2 is 2.10 bits per heavy atom. The molecule has 0 aromatic heterocycles. The number of benzene rings is 1. The number of aryl methyl sites for hydroxylation is 1. The Hall–Kier alpha value is -1.55. The van der Waals surface area contributed by atoms with E-state index in [1.807, 2.05) is 39.0 Å². The third-order valence-electron chi connectivity index (χ3n) is 3.21. The topological polar surface area (TPSA) is 64.3 Å². The molecule has 0 saturated carbocycles. The molecule has 2 atom stereocenters. The first kappa shape index (κ1) is 16.5. The van der Waals surface area contributed by atoms with E-state index in [2.05, 4.69) is 12.2 Å². The summed E-state index contributed by atoms with van der Waals surface area (Å²) in [4.78, 5) is 11.7. The van der Waals surface area contributed by atoms with Gasteiger partial charge in [0.2, 0.25) is 0 Å². The summed E-state index contributed by atoms with van der Waals surface area (Å²) < 4.78 is 5.56. The van der Waals surface area contributed by atoms with E-state index >= 15 is 0 Å². The predicted octanol–water partition coefficient (Wildman–Crippen LogP) is 2.70. The van der Waals surface area contributed by atoms with Crippen LogP contribution >= 0.6 is 0 Å². The van der Waals surface area contributed by atoms with Crippen molar-refractivity contribution in [3.05, 3.63) is 29.3 Å². The summed E-state index contributed by atoms with van der Waals surface area (Å²) in [5, 5.41) is 2.92. The summed E-state index contributed by atoms with van der Waals surface area (Å²) in [6.45, 7) is 8.05. The Labute approximate surface area is 121 Å². The lowest BCUT2D eigenvalue weighted by atomic mass is 10.1. The zero-order valence-electron chi connectivity index (χ0n) is 12.9. The van der Waals surface area contributed by atoms with Gasteiger partial charge in [-0.15, -0.1) is 0 Å². The van der Waals surface area contributed by atoms with Crippen molar-refractivity contribution in [1.82, 2.24) is 5.32 Å². The number of nitrogens with one attached hydrogen (secondary N) is 1. The average molecular weight is 278 g/mol. The molecule has 1 amide bonds. The molecule has 1 rings (SSSR count). The molecule has 4 nitrogen and oxygen atoms in total. The highest BCUT2D eigenvalue weighted by atomic mass is 16.5. The highest BCUT2D eigenvalue weighted by molar-refractivity contribution is 5.77. The molecular formula is C16H26N2O2. The van der Waals surface area contributed by atoms with E-state index in [-0.39, 0.29) is 24.6 Å². The third-order valence-corrected chi connectivity index (χ3v) is 3.21. The summed E-state index contributed by atoms with van der Waals surface area (Å²) >= 11 is 0. The zero-order chi connectivity index (χ0) is 15.1. The second-order valence-electron chi connectivity index (χ2n) is 5.36.